The highest BCUT2D eigenvalue weighted by Gasteiger charge is 1.81. The number of rotatable bonds is 4. The van der Waals surface area contributed by atoms with E-state index in [4.69, 9.17) is 0 Å². The average Bonchev–Trinajstić information content (AvgIpc) is 1.89. The maximum absolute atomic E-state index is 10.4. The van der Waals surface area contributed by atoms with Crippen LogP contribution in [0.25, 0.3) is 0 Å². The summed E-state index contributed by atoms with van der Waals surface area (Å²) in [6.07, 6.45) is 6.97. The van der Waals surface area contributed by atoms with Gasteiger partial charge in [-0.3, -0.25) is 4.79 Å². The molecule has 0 saturated carbocycles. The van der Waals surface area contributed by atoms with Gasteiger partial charge < -0.3 is 0 Å². The third-order valence-electron chi connectivity index (χ3n) is 0.786. The number of carbonyl (C=O) groups is 1. The van der Waals surface area contributed by atoms with Gasteiger partial charge in [0, 0.05) is 0 Å². The molecule has 9 heavy (non-hydrogen) atoms. The maximum atomic E-state index is 10.4. The molecule has 0 atom stereocenters. The van der Waals surface area contributed by atoms with Crippen molar-refractivity contribution in [2.24, 2.45) is 0 Å². The van der Waals surface area contributed by atoms with Gasteiger partial charge in [0.05, 0.1) is 0 Å². The van der Waals surface area contributed by atoms with E-state index in [2.05, 4.69) is 13.2 Å². The molecule has 1 nitrogen and oxygen atoms in total. The van der Waals surface area contributed by atoms with E-state index >= 15 is 0 Å². The molecule has 0 rings (SSSR count). The molecule has 0 radical (unpaired) electrons. The second-order valence-corrected chi connectivity index (χ2v) is 1.53. The van der Waals surface area contributed by atoms with Crippen molar-refractivity contribution in [2.45, 2.75) is 6.42 Å². The van der Waals surface area contributed by atoms with Crippen LogP contribution in [0, 0.1) is 0 Å². The van der Waals surface area contributed by atoms with E-state index in [1.165, 1.54) is 12.2 Å². The number of allylic oxidation sites excluding steroid dienone is 4. The summed E-state index contributed by atoms with van der Waals surface area (Å²) in [5.74, 6) is -0.0585. The van der Waals surface area contributed by atoms with Gasteiger partial charge in [0.1, 0.15) is 0 Å². The summed E-state index contributed by atoms with van der Waals surface area (Å²) in [6, 6.07) is 0. The molecule has 0 aliphatic carbocycles. The number of carbonyl (C=O) groups excluding carboxylic acids is 1. The second-order valence-electron chi connectivity index (χ2n) is 1.53. The van der Waals surface area contributed by atoms with Gasteiger partial charge in [0.15, 0.2) is 5.78 Å². The molecular weight excluding hydrogens is 112 g/mol. The molecule has 0 saturated heterocycles. The summed E-state index contributed by atoms with van der Waals surface area (Å²) in [4.78, 5) is 10.4. The van der Waals surface area contributed by atoms with Crippen LogP contribution in [-0.4, -0.2) is 5.78 Å². The molecule has 0 aromatic carbocycles. The lowest BCUT2D eigenvalue weighted by molar-refractivity contribution is -0.110. The van der Waals surface area contributed by atoms with Crippen LogP contribution in [-0.2, 0) is 4.79 Å². The van der Waals surface area contributed by atoms with Crippen LogP contribution in [0.15, 0.2) is 37.5 Å². The zero-order chi connectivity index (χ0) is 7.11. The first-order chi connectivity index (χ1) is 4.31. The summed E-state index contributed by atoms with van der Waals surface area (Å²) in [5.41, 5.74) is 0. The van der Waals surface area contributed by atoms with E-state index in [0.29, 0.717) is 0 Å². The summed E-state index contributed by atoms with van der Waals surface area (Å²) in [6.45, 7) is 6.81. The monoisotopic (exact) mass is 122 g/mol. The molecule has 0 aromatic rings. The molecule has 0 amide bonds. The highest BCUT2D eigenvalue weighted by atomic mass is 16.1. The average molecular weight is 122 g/mol. The lowest BCUT2D eigenvalue weighted by atomic mass is 10.3. The Morgan fingerprint density at radius 3 is 2.56 bits per heavy atom. The number of ketones is 1. The van der Waals surface area contributed by atoms with Crippen LogP contribution in [0.2, 0.25) is 0 Å². The van der Waals surface area contributed by atoms with E-state index in [0.717, 1.165) is 6.42 Å². The van der Waals surface area contributed by atoms with Gasteiger partial charge in [-0.1, -0.05) is 18.7 Å². The molecule has 48 valence electrons. The zero-order valence-electron chi connectivity index (χ0n) is 5.34. The fourth-order valence-electron chi connectivity index (χ4n) is 0.348. The van der Waals surface area contributed by atoms with Crippen molar-refractivity contribution >= 4 is 5.78 Å². The third-order valence-corrected chi connectivity index (χ3v) is 0.786. The molecular formula is C8H10O. The minimum atomic E-state index is -0.0585. The maximum Gasteiger partial charge on any atom is 0.177 e. The predicted molar refractivity (Wildman–Crippen MR) is 39.2 cm³/mol. The van der Waals surface area contributed by atoms with Gasteiger partial charge in [-0.2, -0.15) is 0 Å². The quantitative estimate of drug-likeness (QED) is 0.411. The first-order valence-corrected chi connectivity index (χ1v) is 2.75. The van der Waals surface area contributed by atoms with Gasteiger partial charge >= 0.3 is 0 Å². The Hall–Kier alpha value is -1.11. The Morgan fingerprint density at radius 1 is 1.44 bits per heavy atom. The minimum absolute atomic E-state index is 0.0585. The van der Waals surface area contributed by atoms with Gasteiger partial charge in [0.25, 0.3) is 0 Å². The fraction of sp³-hybridized carbons (Fsp3) is 0.125. The second kappa shape index (κ2) is 5.04. The lowest BCUT2D eigenvalue weighted by Crippen LogP contribution is -1.81. The van der Waals surface area contributed by atoms with Crippen molar-refractivity contribution in [3.05, 3.63) is 37.5 Å². The van der Waals surface area contributed by atoms with Crippen molar-refractivity contribution in [3.63, 3.8) is 0 Å². The van der Waals surface area contributed by atoms with E-state index in [1.54, 1.807) is 12.2 Å². The van der Waals surface area contributed by atoms with E-state index in [9.17, 15) is 4.79 Å². The van der Waals surface area contributed by atoms with Crippen LogP contribution < -0.4 is 0 Å². The highest BCUT2D eigenvalue weighted by Crippen LogP contribution is 1.83. The molecule has 0 N–H and O–H groups in total. The van der Waals surface area contributed by atoms with E-state index in [1.807, 2.05) is 0 Å². The third kappa shape index (κ3) is 4.75. The molecule has 1 heteroatoms. The lowest BCUT2D eigenvalue weighted by Gasteiger charge is -1.77. The SMILES string of the molecule is C=CC/C=C\C(=O)C=C. The zero-order valence-corrected chi connectivity index (χ0v) is 5.34. The highest BCUT2D eigenvalue weighted by molar-refractivity contribution is 5.98. The van der Waals surface area contributed by atoms with E-state index < -0.39 is 0 Å². The number of hydrogen-bond donors (Lipinski definition) is 0. The molecule has 0 aromatic heterocycles. The van der Waals surface area contributed by atoms with Crippen molar-refractivity contribution in [1.29, 1.82) is 0 Å². The standard InChI is InChI=1S/C8H10O/c1-3-5-6-7-8(9)4-2/h3-4,6-7H,1-2,5H2/b7-6-. The molecule has 0 unspecified atom stereocenters. The van der Waals surface area contributed by atoms with Gasteiger partial charge in [-0.05, 0) is 18.6 Å². The van der Waals surface area contributed by atoms with Crippen LogP contribution in [0.4, 0.5) is 0 Å². The molecule has 0 heterocycles. The fourth-order valence-corrected chi connectivity index (χ4v) is 0.348. The topological polar surface area (TPSA) is 17.1 Å². The molecule has 0 aliphatic heterocycles. The van der Waals surface area contributed by atoms with Gasteiger partial charge in [-0.15, -0.1) is 6.58 Å². The van der Waals surface area contributed by atoms with Crippen molar-refractivity contribution in [2.75, 3.05) is 0 Å². The molecule has 0 fully saturated rings. The van der Waals surface area contributed by atoms with Crippen LogP contribution in [0.5, 0.6) is 0 Å². The van der Waals surface area contributed by atoms with Crippen molar-refractivity contribution in [1.82, 2.24) is 0 Å². The molecule has 0 spiro atoms. The van der Waals surface area contributed by atoms with Crippen molar-refractivity contribution < 1.29 is 4.79 Å². The number of hydrogen-bond acceptors (Lipinski definition) is 1. The Bertz CT molecular complexity index is 143. The predicted octanol–water partition coefficient (Wildman–Crippen LogP) is 1.87. The Morgan fingerprint density at radius 2 is 2.11 bits per heavy atom. The van der Waals surface area contributed by atoms with Gasteiger partial charge in [0.2, 0.25) is 0 Å². The minimum Gasteiger partial charge on any atom is -0.290 e. The Kier molecular flexibility index (Phi) is 4.41. The van der Waals surface area contributed by atoms with Gasteiger partial charge in [-0.25, -0.2) is 0 Å². The summed E-state index contributed by atoms with van der Waals surface area (Å²) in [7, 11) is 0. The Balaban J connectivity index is 3.56. The summed E-state index contributed by atoms with van der Waals surface area (Å²) in [5, 5.41) is 0. The summed E-state index contributed by atoms with van der Waals surface area (Å²) >= 11 is 0. The van der Waals surface area contributed by atoms with Crippen LogP contribution >= 0.6 is 0 Å². The van der Waals surface area contributed by atoms with Crippen LogP contribution in [0.3, 0.4) is 0 Å². The normalized spacial score (nSPS) is 9.33. The molecule has 0 bridgehead atoms. The van der Waals surface area contributed by atoms with Crippen LogP contribution in [0.1, 0.15) is 6.42 Å². The first kappa shape index (κ1) is 7.89. The van der Waals surface area contributed by atoms with Crippen molar-refractivity contribution in [3.8, 4) is 0 Å². The Labute approximate surface area is 55.4 Å². The van der Waals surface area contributed by atoms with E-state index in [-0.39, 0.29) is 5.78 Å². The molecule has 0 aliphatic rings. The summed E-state index contributed by atoms with van der Waals surface area (Å²) < 4.78 is 0. The first-order valence-electron chi connectivity index (χ1n) is 2.75. The smallest absolute Gasteiger partial charge is 0.177 e. The largest absolute Gasteiger partial charge is 0.290 e.